The Labute approximate surface area is 138 Å². The van der Waals surface area contributed by atoms with E-state index in [2.05, 4.69) is 20.7 Å². The molecule has 3 nitrogen and oxygen atoms in total. The zero-order valence-corrected chi connectivity index (χ0v) is 13.9. The largest absolute Gasteiger partial charge is 0.278 e. The van der Waals surface area contributed by atoms with Crippen molar-refractivity contribution in [2.24, 2.45) is 0 Å². The molecule has 21 heavy (non-hydrogen) atoms. The van der Waals surface area contributed by atoms with E-state index in [4.69, 9.17) is 23.2 Å². The molecule has 2 aromatic carbocycles. The first kappa shape index (κ1) is 16.5. The normalized spacial score (nSPS) is 11.5. The maximum atomic E-state index is 13.7. The fraction of sp³-hybridized carbons (Fsp3) is 0. The summed E-state index contributed by atoms with van der Waals surface area (Å²) in [6.07, 6.45) is 0. The number of benzene rings is 2. The number of rotatable bonds is 3. The first-order valence-electron chi connectivity index (χ1n) is 5.33. The Bertz CT molecular complexity index is 792. The van der Waals surface area contributed by atoms with Crippen LogP contribution in [0, 0.1) is 11.6 Å². The van der Waals surface area contributed by atoms with Crippen LogP contribution in [0.5, 0.6) is 0 Å². The second-order valence-corrected chi connectivity index (χ2v) is 7.25. The highest BCUT2D eigenvalue weighted by Gasteiger charge is 2.24. The third kappa shape index (κ3) is 3.66. The maximum Gasteiger partial charge on any atom is 0.266 e. The highest BCUT2D eigenvalue weighted by molar-refractivity contribution is 9.10. The van der Waals surface area contributed by atoms with Gasteiger partial charge in [0.25, 0.3) is 10.0 Å². The van der Waals surface area contributed by atoms with Gasteiger partial charge in [-0.2, -0.15) is 0 Å². The van der Waals surface area contributed by atoms with Crippen LogP contribution in [0.3, 0.4) is 0 Å². The van der Waals surface area contributed by atoms with Crippen molar-refractivity contribution in [3.63, 3.8) is 0 Å². The molecule has 0 aliphatic rings. The van der Waals surface area contributed by atoms with Gasteiger partial charge in [0.15, 0.2) is 0 Å². The molecule has 0 spiro atoms. The van der Waals surface area contributed by atoms with E-state index >= 15 is 0 Å². The van der Waals surface area contributed by atoms with Crippen molar-refractivity contribution >= 4 is 54.8 Å². The van der Waals surface area contributed by atoms with Crippen molar-refractivity contribution in [3.8, 4) is 0 Å². The van der Waals surface area contributed by atoms with Crippen molar-refractivity contribution in [1.29, 1.82) is 0 Å². The lowest BCUT2D eigenvalue weighted by atomic mass is 10.3. The minimum Gasteiger partial charge on any atom is -0.278 e. The Kier molecular flexibility index (Phi) is 4.77. The van der Waals surface area contributed by atoms with Gasteiger partial charge < -0.3 is 0 Å². The van der Waals surface area contributed by atoms with Gasteiger partial charge in [0, 0.05) is 15.6 Å². The molecule has 0 unspecified atom stereocenters. The average Bonchev–Trinajstić information content (AvgIpc) is 2.31. The molecule has 0 heterocycles. The third-order valence-electron chi connectivity index (χ3n) is 2.40. The molecule has 9 heteroatoms. The molecule has 0 saturated heterocycles. The number of sulfonamides is 1. The number of halogens is 5. The van der Waals surface area contributed by atoms with E-state index in [0.29, 0.717) is 6.07 Å². The molecule has 0 atom stereocenters. The number of hydrogen-bond donors (Lipinski definition) is 1. The molecule has 0 saturated carbocycles. The molecule has 112 valence electrons. The lowest BCUT2D eigenvalue weighted by molar-refractivity contribution is 0.548. The number of anilines is 1. The van der Waals surface area contributed by atoms with Gasteiger partial charge >= 0.3 is 0 Å². The Morgan fingerprint density at radius 2 is 1.76 bits per heavy atom. The topological polar surface area (TPSA) is 46.2 Å². The second kappa shape index (κ2) is 6.08. The summed E-state index contributed by atoms with van der Waals surface area (Å²) in [6, 6.07) is 5.45. The molecule has 1 N–H and O–H groups in total. The Morgan fingerprint density at radius 3 is 2.38 bits per heavy atom. The van der Waals surface area contributed by atoms with Gasteiger partial charge in [-0.15, -0.1) is 0 Å². The predicted octanol–water partition coefficient (Wildman–Crippen LogP) is 4.83. The van der Waals surface area contributed by atoms with E-state index < -0.39 is 26.6 Å². The molecule has 0 aromatic heterocycles. The standard InChI is InChI=1S/C12H6BrCl2F2NO2S/c13-8-4-7(16)5-10(17)12(8)21(19,20)18-11-3-6(14)1-2-9(11)15/h1-5,18H. The van der Waals surface area contributed by atoms with Crippen LogP contribution < -0.4 is 4.72 Å². The van der Waals surface area contributed by atoms with Gasteiger partial charge in [-0.3, -0.25) is 4.72 Å². The zero-order chi connectivity index (χ0) is 15.8. The highest BCUT2D eigenvalue weighted by atomic mass is 79.9. The Morgan fingerprint density at radius 1 is 1.10 bits per heavy atom. The summed E-state index contributed by atoms with van der Waals surface area (Å²) in [6.45, 7) is 0. The van der Waals surface area contributed by atoms with Crippen LogP contribution >= 0.6 is 39.1 Å². The highest BCUT2D eigenvalue weighted by Crippen LogP contribution is 2.31. The predicted molar refractivity (Wildman–Crippen MR) is 81.3 cm³/mol. The molecule has 0 aliphatic carbocycles. The summed E-state index contributed by atoms with van der Waals surface area (Å²) < 4.78 is 53.0. The van der Waals surface area contributed by atoms with Crippen molar-refractivity contribution in [3.05, 3.63) is 56.5 Å². The third-order valence-corrected chi connectivity index (χ3v) is 5.30. The van der Waals surface area contributed by atoms with Crippen molar-refractivity contribution in [1.82, 2.24) is 0 Å². The summed E-state index contributed by atoms with van der Waals surface area (Å²) in [5, 5.41) is 0.331. The van der Waals surface area contributed by atoms with Gasteiger partial charge in [-0.25, -0.2) is 17.2 Å². The summed E-state index contributed by atoms with van der Waals surface area (Å²) in [4.78, 5) is -0.722. The van der Waals surface area contributed by atoms with Crippen LogP contribution in [-0.2, 0) is 10.0 Å². The lowest BCUT2D eigenvalue weighted by Crippen LogP contribution is -2.16. The van der Waals surface area contributed by atoms with Crippen LogP contribution in [0.25, 0.3) is 0 Å². The van der Waals surface area contributed by atoms with Crippen molar-refractivity contribution in [2.45, 2.75) is 4.90 Å². The van der Waals surface area contributed by atoms with Crippen LogP contribution in [0.15, 0.2) is 39.7 Å². The maximum absolute atomic E-state index is 13.7. The minimum absolute atomic E-state index is 0.0141. The fourth-order valence-corrected chi connectivity index (χ4v) is 4.19. The minimum atomic E-state index is -4.31. The molecular weight excluding hydrogens is 411 g/mol. The average molecular weight is 417 g/mol. The van der Waals surface area contributed by atoms with Gasteiger partial charge in [-0.05, 0) is 40.2 Å². The van der Waals surface area contributed by atoms with E-state index in [1.54, 1.807) is 0 Å². The molecule has 0 aliphatic heterocycles. The summed E-state index contributed by atoms with van der Waals surface area (Å²) in [5.74, 6) is -2.13. The monoisotopic (exact) mass is 415 g/mol. The number of nitrogens with one attached hydrogen (secondary N) is 1. The van der Waals surface area contributed by atoms with E-state index in [1.807, 2.05) is 0 Å². The van der Waals surface area contributed by atoms with Crippen molar-refractivity contribution in [2.75, 3.05) is 4.72 Å². The Balaban J connectivity index is 2.51. The van der Waals surface area contributed by atoms with Gasteiger partial charge in [0.05, 0.1) is 10.7 Å². The fourth-order valence-electron chi connectivity index (χ4n) is 1.56. The quantitative estimate of drug-likeness (QED) is 0.778. The zero-order valence-electron chi connectivity index (χ0n) is 10.0. The van der Waals surface area contributed by atoms with E-state index in [1.165, 1.54) is 18.2 Å². The van der Waals surface area contributed by atoms with Gasteiger partial charge in [0.2, 0.25) is 0 Å². The van der Waals surface area contributed by atoms with Crippen LogP contribution in [0.1, 0.15) is 0 Å². The van der Waals surface area contributed by atoms with Crippen molar-refractivity contribution < 1.29 is 17.2 Å². The van der Waals surface area contributed by atoms with Crippen LogP contribution in [-0.4, -0.2) is 8.42 Å². The lowest BCUT2D eigenvalue weighted by Gasteiger charge is -2.12. The molecule has 0 amide bonds. The summed E-state index contributed by atoms with van der Waals surface area (Å²) in [5.41, 5.74) is -0.0141. The molecule has 2 aromatic rings. The van der Waals surface area contributed by atoms with Gasteiger partial charge in [-0.1, -0.05) is 23.2 Å². The Hall–Kier alpha value is -0.890. The number of hydrogen-bond acceptors (Lipinski definition) is 2. The van der Waals surface area contributed by atoms with Gasteiger partial charge in [0.1, 0.15) is 16.5 Å². The van der Waals surface area contributed by atoms with Crippen LogP contribution in [0.2, 0.25) is 10.0 Å². The molecule has 0 radical (unpaired) electrons. The summed E-state index contributed by atoms with van der Waals surface area (Å²) >= 11 is 14.4. The van der Waals surface area contributed by atoms with E-state index in [-0.39, 0.29) is 20.2 Å². The molecule has 0 bridgehead atoms. The first-order chi connectivity index (χ1) is 9.70. The first-order valence-corrected chi connectivity index (χ1v) is 8.36. The SMILES string of the molecule is O=S(=O)(Nc1cc(Cl)ccc1Cl)c1c(F)cc(F)cc1Br. The van der Waals surface area contributed by atoms with E-state index in [9.17, 15) is 17.2 Å². The molecular formula is C12H6BrCl2F2NO2S. The second-order valence-electron chi connectivity index (χ2n) is 3.93. The van der Waals surface area contributed by atoms with Crippen LogP contribution in [0.4, 0.5) is 14.5 Å². The smallest absolute Gasteiger partial charge is 0.266 e. The van der Waals surface area contributed by atoms with E-state index in [0.717, 1.165) is 6.07 Å². The molecule has 0 fully saturated rings. The summed E-state index contributed by atoms with van der Waals surface area (Å²) in [7, 11) is -4.31. The molecule has 2 rings (SSSR count).